The number of sulfone groups is 1. The lowest BCUT2D eigenvalue weighted by molar-refractivity contribution is 0.0961. The summed E-state index contributed by atoms with van der Waals surface area (Å²) in [6, 6.07) is 13.3. The first kappa shape index (κ1) is 24.1. The molecule has 0 radical (unpaired) electrons. The Morgan fingerprint density at radius 2 is 1.49 bits per heavy atom. The van der Waals surface area contributed by atoms with Crippen molar-refractivity contribution in [3.05, 3.63) is 106 Å². The number of aromatic nitrogens is 2. The molecule has 0 saturated carbocycles. The van der Waals surface area contributed by atoms with Crippen molar-refractivity contribution < 1.29 is 26.4 Å². The van der Waals surface area contributed by atoms with Gasteiger partial charge in [0.05, 0.1) is 22.2 Å². The van der Waals surface area contributed by atoms with Crippen LogP contribution in [0.4, 0.5) is 13.2 Å². The number of carbonyl (C=O) groups is 1. The van der Waals surface area contributed by atoms with Crippen LogP contribution in [-0.4, -0.2) is 30.2 Å². The highest BCUT2D eigenvalue weighted by atomic mass is 32.2. The van der Waals surface area contributed by atoms with Crippen LogP contribution >= 0.6 is 0 Å². The lowest BCUT2D eigenvalue weighted by Crippen LogP contribution is -2.28. The minimum absolute atomic E-state index is 0.0813. The highest BCUT2D eigenvalue weighted by Crippen LogP contribution is 2.29. The van der Waals surface area contributed by atoms with Crippen molar-refractivity contribution in [1.29, 1.82) is 0 Å². The first-order valence-electron chi connectivity index (χ1n) is 10.2. The standard InChI is InChI=1S/C25H17F3N2O4S/c1-35(33,34)19-9-4-15(5-10-19)21-13-29-30(14-23(31)20-11-8-18(27)12-22(20)28)25(32)24(21)16-2-6-17(26)7-3-16/h2-13H,14H2,1H3. The smallest absolute Gasteiger partial charge is 0.275 e. The minimum atomic E-state index is -3.44. The highest BCUT2D eigenvalue weighted by Gasteiger charge is 2.19. The molecule has 0 unspecified atom stereocenters. The predicted molar refractivity (Wildman–Crippen MR) is 123 cm³/mol. The summed E-state index contributed by atoms with van der Waals surface area (Å²) < 4.78 is 65.2. The number of Topliss-reactive ketones (excluding diaryl/α,β-unsaturated/α-hetero) is 1. The van der Waals surface area contributed by atoms with E-state index in [1.807, 2.05) is 0 Å². The fourth-order valence-corrected chi connectivity index (χ4v) is 4.16. The van der Waals surface area contributed by atoms with E-state index in [1.54, 1.807) is 0 Å². The SMILES string of the molecule is CS(=O)(=O)c1ccc(-c2cnn(CC(=O)c3ccc(F)cc3F)c(=O)c2-c2ccc(F)cc2)cc1. The van der Waals surface area contributed by atoms with E-state index >= 15 is 0 Å². The maximum absolute atomic E-state index is 14.0. The van der Waals surface area contributed by atoms with Crippen LogP contribution in [0.15, 0.2) is 82.6 Å². The molecule has 0 atom stereocenters. The normalized spacial score (nSPS) is 11.4. The molecule has 6 nitrogen and oxygen atoms in total. The van der Waals surface area contributed by atoms with Crippen LogP contribution in [0, 0.1) is 17.5 Å². The Morgan fingerprint density at radius 3 is 2.09 bits per heavy atom. The van der Waals surface area contributed by atoms with Crippen LogP contribution in [-0.2, 0) is 16.4 Å². The van der Waals surface area contributed by atoms with Crippen LogP contribution in [0.2, 0.25) is 0 Å². The maximum atomic E-state index is 14.0. The Hall–Kier alpha value is -4.05. The van der Waals surface area contributed by atoms with Crippen LogP contribution < -0.4 is 5.56 Å². The molecule has 0 N–H and O–H groups in total. The Labute approximate surface area is 198 Å². The zero-order chi connectivity index (χ0) is 25.3. The summed E-state index contributed by atoms with van der Waals surface area (Å²) >= 11 is 0. The zero-order valence-corrected chi connectivity index (χ0v) is 19.0. The summed E-state index contributed by atoms with van der Waals surface area (Å²) in [5, 5.41) is 4.04. The molecule has 178 valence electrons. The first-order valence-corrected chi connectivity index (χ1v) is 12.1. The molecule has 1 heterocycles. The van der Waals surface area contributed by atoms with Crippen molar-refractivity contribution in [3.63, 3.8) is 0 Å². The first-order chi connectivity index (χ1) is 16.5. The van der Waals surface area contributed by atoms with Gasteiger partial charge in [-0.15, -0.1) is 0 Å². The van der Waals surface area contributed by atoms with Gasteiger partial charge in [-0.25, -0.2) is 26.3 Å². The molecule has 0 spiro atoms. The molecular weight excluding hydrogens is 481 g/mol. The fraction of sp³-hybridized carbons (Fsp3) is 0.0800. The molecule has 1 aromatic heterocycles. The number of ketones is 1. The maximum Gasteiger partial charge on any atom is 0.275 e. The average Bonchev–Trinajstić information content (AvgIpc) is 2.80. The van der Waals surface area contributed by atoms with E-state index in [1.165, 1.54) is 42.6 Å². The summed E-state index contributed by atoms with van der Waals surface area (Å²) in [6.07, 6.45) is 2.37. The van der Waals surface area contributed by atoms with Gasteiger partial charge in [-0.05, 0) is 47.5 Å². The third-order valence-corrected chi connectivity index (χ3v) is 6.42. The molecule has 0 aliphatic heterocycles. The largest absolute Gasteiger partial charge is 0.292 e. The van der Waals surface area contributed by atoms with Crippen LogP contribution in [0.3, 0.4) is 0 Å². The molecule has 0 aliphatic carbocycles. The van der Waals surface area contributed by atoms with Crippen LogP contribution in [0.1, 0.15) is 10.4 Å². The van der Waals surface area contributed by atoms with Gasteiger partial charge in [-0.2, -0.15) is 5.10 Å². The van der Waals surface area contributed by atoms with Gasteiger partial charge in [0, 0.05) is 17.9 Å². The molecule has 35 heavy (non-hydrogen) atoms. The van der Waals surface area contributed by atoms with E-state index < -0.39 is 50.7 Å². The van der Waals surface area contributed by atoms with E-state index in [0.29, 0.717) is 22.8 Å². The molecule has 0 amide bonds. The van der Waals surface area contributed by atoms with Crippen molar-refractivity contribution in [1.82, 2.24) is 9.78 Å². The summed E-state index contributed by atoms with van der Waals surface area (Å²) in [4.78, 5) is 26.1. The van der Waals surface area contributed by atoms with Crippen LogP contribution in [0.5, 0.6) is 0 Å². The van der Waals surface area contributed by atoms with E-state index in [4.69, 9.17) is 0 Å². The predicted octanol–water partition coefficient (Wildman–Crippen LogP) is 4.28. The summed E-state index contributed by atoms with van der Waals surface area (Å²) in [5.41, 5.74) is 0.0818. The Kier molecular flexibility index (Phi) is 6.40. The Bertz CT molecular complexity index is 1600. The van der Waals surface area contributed by atoms with E-state index in [0.717, 1.165) is 35.2 Å². The van der Waals surface area contributed by atoms with Gasteiger partial charge in [0.1, 0.15) is 24.0 Å². The second kappa shape index (κ2) is 9.30. The molecular formula is C25H17F3N2O4S. The molecule has 0 aliphatic rings. The third kappa shape index (κ3) is 5.07. The van der Waals surface area contributed by atoms with Crippen LogP contribution in [0.25, 0.3) is 22.3 Å². The van der Waals surface area contributed by atoms with Crippen molar-refractivity contribution in [2.75, 3.05) is 6.26 Å². The fourth-order valence-electron chi connectivity index (χ4n) is 3.53. The molecule has 4 aromatic rings. The number of hydrogen-bond acceptors (Lipinski definition) is 5. The highest BCUT2D eigenvalue weighted by molar-refractivity contribution is 7.90. The third-order valence-electron chi connectivity index (χ3n) is 5.30. The Balaban J connectivity index is 1.83. The number of hydrogen-bond donors (Lipinski definition) is 0. The molecule has 0 fully saturated rings. The Morgan fingerprint density at radius 1 is 0.886 bits per heavy atom. The second-order valence-corrected chi connectivity index (χ2v) is 9.76. The quantitative estimate of drug-likeness (QED) is 0.371. The molecule has 4 rings (SSSR count). The number of rotatable bonds is 6. The lowest BCUT2D eigenvalue weighted by Gasteiger charge is -2.13. The lowest BCUT2D eigenvalue weighted by atomic mass is 9.97. The van der Waals surface area contributed by atoms with E-state index in [9.17, 15) is 31.2 Å². The van der Waals surface area contributed by atoms with Crippen molar-refractivity contribution >= 4 is 15.6 Å². The van der Waals surface area contributed by atoms with Crippen molar-refractivity contribution in [3.8, 4) is 22.3 Å². The number of carbonyl (C=O) groups excluding carboxylic acids is 1. The topological polar surface area (TPSA) is 86.1 Å². The number of benzene rings is 3. The van der Waals surface area contributed by atoms with Crippen molar-refractivity contribution in [2.24, 2.45) is 0 Å². The van der Waals surface area contributed by atoms with Gasteiger partial charge in [-0.1, -0.05) is 24.3 Å². The van der Waals surface area contributed by atoms with Gasteiger partial charge in [0.25, 0.3) is 5.56 Å². The molecule has 3 aromatic carbocycles. The van der Waals surface area contributed by atoms with Gasteiger partial charge in [0.15, 0.2) is 15.6 Å². The van der Waals surface area contributed by atoms with Gasteiger partial charge in [-0.3, -0.25) is 9.59 Å². The monoisotopic (exact) mass is 498 g/mol. The number of nitrogens with zero attached hydrogens (tertiary/aromatic N) is 2. The minimum Gasteiger partial charge on any atom is -0.292 e. The summed E-state index contributed by atoms with van der Waals surface area (Å²) in [6.45, 7) is -0.622. The second-order valence-electron chi connectivity index (χ2n) is 7.75. The van der Waals surface area contributed by atoms with Gasteiger partial charge < -0.3 is 0 Å². The van der Waals surface area contributed by atoms with Crippen molar-refractivity contribution in [2.45, 2.75) is 11.4 Å². The molecule has 0 bridgehead atoms. The van der Waals surface area contributed by atoms with Gasteiger partial charge >= 0.3 is 0 Å². The molecule has 10 heteroatoms. The summed E-state index contributed by atoms with van der Waals surface area (Å²) in [5.74, 6) is -3.24. The summed E-state index contributed by atoms with van der Waals surface area (Å²) in [7, 11) is -3.44. The van der Waals surface area contributed by atoms with E-state index in [2.05, 4.69) is 5.10 Å². The zero-order valence-electron chi connectivity index (χ0n) is 18.2. The molecule has 0 saturated heterocycles. The number of halogens is 3. The van der Waals surface area contributed by atoms with E-state index in [-0.39, 0.29) is 10.5 Å². The average molecular weight is 498 g/mol. The van der Waals surface area contributed by atoms with Gasteiger partial charge in [0.2, 0.25) is 0 Å².